The number of hydrogen-bond acceptors (Lipinski definition) is 1. The first-order valence-electron chi connectivity index (χ1n) is 4.81. The van der Waals surface area contributed by atoms with Crippen LogP contribution in [0.3, 0.4) is 0 Å². The molecule has 1 aliphatic rings. The van der Waals surface area contributed by atoms with Gasteiger partial charge in [0.2, 0.25) is 11.5 Å². The molecule has 0 radical (unpaired) electrons. The van der Waals surface area contributed by atoms with Gasteiger partial charge in [-0.25, -0.2) is 4.85 Å². The Kier molecular flexibility index (Phi) is 3.02. The first-order chi connectivity index (χ1) is 7.51. The second-order valence-corrected chi connectivity index (χ2v) is 3.78. The largest absolute Gasteiger partial charge is 0.550 e. The van der Waals surface area contributed by atoms with Gasteiger partial charge in [0.05, 0.1) is 6.57 Å². The number of nitrogens with zero attached hydrogens (tertiary/aromatic N) is 3. The van der Waals surface area contributed by atoms with Gasteiger partial charge in [-0.3, -0.25) is 0 Å². The molecule has 0 atom stereocenters. The van der Waals surface area contributed by atoms with E-state index < -0.39 is 5.60 Å². The molecule has 0 saturated heterocycles. The number of ether oxygens (including phenoxy) is 1. The molecule has 0 aliphatic carbocycles. The van der Waals surface area contributed by atoms with E-state index in [1.54, 1.807) is 0 Å². The summed E-state index contributed by atoms with van der Waals surface area (Å²) >= 11 is 0. The molecule has 0 N–H and O–H groups in total. The molecule has 16 heavy (non-hydrogen) atoms. The van der Waals surface area contributed by atoms with Crippen molar-refractivity contribution < 1.29 is 4.74 Å². The quantitative estimate of drug-likeness (QED) is 0.612. The van der Waals surface area contributed by atoms with E-state index in [9.17, 15) is 0 Å². The Labute approximate surface area is 95.3 Å². The maximum Gasteiger partial charge on any atom is 0.550 e. The summed E-state index contributed by atoms with van der Waals surface area (Å²) in [5, 5.41) is 0. The second kappa shape index (κ2) is 4.09. The zero-order valence-electron chi connectivity index (χ0n) is 9.46. The van der Waals surface area contributed by atoms with Crippen molar-refractivity contribution in [1.29, 1.82) is 0 Å². The van der Waals surface area contributed by atoms with Crippen LogP contribution in [-0.4, -0.2) is 5.60 Å². The van der Waals surface area contributed by atoms with Crippen molar-refractivity contribution in [3.63, 3.8) is 0 Å². The Morgan fingerprint density at radius 1 is 1.25 bits per heavy atom. The maximum atomic E-state index is 7.13. The van der Waals surface area contributed by atoms with Crippen LogP contribution in [0.1, 0.15) is 27.2 Å². The van der Waals surface area contributed by atoms with Crippen LogP contribution in [0.25, 0.3) is 14.5 Å². The van der Waals surface area contributed by atoms with Crippen molar-refractivity contribution in [2.24, 2.45) is 0 Å². The molecule has 0 unspecified atom stereocenters. The number of hydrogen-bond donors (Lipinski definition) is 0. The van der Waals surface area contributed by atoms with Crippen LogP contribution in [-0.2, 0) is 4.74 Å². The fourth-order valence-electron chi connectivity index (χ4n) is 1.78. The Morgan fingerprint density at radius 3 is 2.19 bits per heavy atom. The van der Waals surface area contributed by atoms with Gasteiger partial charge in [0, 0.05) is 0 Å². The first-order valence-corrected chi connectivity index (χ1v) is 4.81. The Balaban J connectivity index is 3.51. The molecular formula is C12H11N3O. The van der Waals surface area contributed by atoms with Crippen molar-refractivity contribution >= 4 is 0 Å². The predicted molar refractivity (Wildman–Crippen MR) is 59.3 cm³/mol. The lowest BCUT2D eigenvalue weighted by Gasteiger charge is -2.22. The summed E-state index contributed by atoms with van der Waals surface area (Å²) in [5.41, 5.74) is 0.585. The summed E-state index contributed by atoms with van der Waals surface area (Å²) in [6, 6.07) is 0. The molecule has 1 aliphatic heterocycles. The Bertz CT molecular complexity index is 488. The van der Waals surface area contributed by atoms with Crippen LogP contribution in [0, 0.1) is 19.7 Å². The highest BCUT2D eigenvalue weighted by Crippen LogP contribution is 2.42. The molecule has 0 aromatic heterocycles. The molecule has 0 saturated carbocycles. The molecule has 1 heterocycles. The van der Waals surface area contributed by atoms with Crippen LogP contribution in [0.5, 0.6) is 0 Å². The average molecular weight is 213 g/mol. The van der Waals surface area contributed by atoms with Crippen LogP contribution < -0.4 is 0 Å². The van der Waals surface area contributed by atoms with Crippen molar-refractivity contribution in [3.8, 4) is 0 Å². The van der Waals surface area contributed by atoms with E-state index in [0.29, 0.717) is 12.1 Å². The highest BCUT2D eigenvalue weighted by Gasteiger charge is 2.41. The SMILES string of the molecule is [C-]#[N+]C([N+]#[C-])=C1OC(C)(C)C(CC)=C1[N+]#[C-]. The predicted octanol–water partition coefficient (Wildman–Crippen LogP) is 3.39. The Morgan fingerprint density at radius 2 is 1.81 bits per heavy atom. The van der Waals surface area contributed by atoms with Gasteiger partial charge in [-0.15, -0.1) is 0 Å². The maximum absolute atomic E-state index is 7.13. The van der Waals surface area contributed by atoms with Gasteiger partial charge in [0.15, 0.2) is 0 Å². The topological polar surface area (TPSA) is 22.3 Å². The summed E-state index contributed by atoms with van der Waals surface area (Å²) in [6.45, 7) is 26.5. The van der Waals surface area contributed by atoms with Gasteiger partial charge in [-0.05, 0) is 25.8 Å². The van der Waals surface area contributed by atoms with Gasteiger partial charge in [0.1, 0.15) is 18.7 Å². The van der Waals surface area contributed by atoms with Crippen molar-refractivity contribution in [1.82, 2.24) is 0 Å². The zero-order chi connectivity index (χ0) is 12.3. The molecule has 0 spiro atoms. The summed E-state index contributed by atoms with van der Waals surface area (Å²) in [4.78, 5) is 9.58. The van der Waals surface area contributed by atoms with E-state index in [-0.39, 0.29) is 11.6 Å². The summed E-state index contributed by atoms with van der Waals surface area (Å²) in [6.07, 6.45) is 0.678. The third-order valence-electron chi connectivity index (χ3n) is 2.47. The lowest BCUT2D eigenvalue weighted by molar-refractivity contribution is 0.0903. The smallest absolute Gasteiger partial charge is 0.499 e. The zero-order valence-corrected chi connectivity index (χ0v) is 9.46. The van der Waals surface area contributed by atoms with Crippen molar-refractivity contribution in [3.05, 3.63) is 57.1 Å². The molecule has 80 valence electrons. The van der Waals surface area contributed by atoms with Crippen LogP contribution in [0.15, 0.2) is 22.9 Å². The van der Waals surface area contributed by atoms with Gasteiger partial charge in [-0.1, -0.05) is 6.92 Å². The molecule has 1 rings (SSSR count). The van der Waals surface area contributed by atoms with E-state index in [2.05, 4.69) is 14.5 Å². The van der Waals surface area contributed by atoms with Crippen molar-refractivity contribution in [2.75, 3.05) is 0 Å². The van der Waals surface area contributed by atoms with Crippen molar-refractivity contribution in [2.45, 2.75) is 32.8 Å². The third kappa shape index (κ3) is 1.64. The molecule has 0 amide bonds. The van der Waals surface area contributed by atoms with E-state index in [4.69, 9.17) is 24.5 Å². The van der Waals surface area contributed by atoms with Crippen LogP contribution in [0.2, 0.25) is 0 Å². The average Bonchev–Trinajstić information content (AvgIpc) is 2.50. The van der Waals surface area contributed by atoms with Gasteiger partial charge in [-0.2, -0.15) is 9.69 Å². The first kappa shape index (κ1) is 11.8. The molecule has 0 aromatic carbocycles. The molecular weight excluding hydrogens is 202 g/mol. The molecule has 4 nitrogen and oxygen atoms in total. The second-order valence-electron chi connectivity index (χ2n) is 3.78. The normalized spacial score (nSPS) is 17.1. The fourth-order valence-corrected chi connectivity index (χ4v) is 1.78. The summed E-state index contributed by atoms with van der Waals surface area (Å²) < 4.78 is 5.56. The lowest BCUT2D eigenvalue weighted by Crippen LogP contribution is -2.21. The Hall–Kier alpha value is -2.25. The van der Waals surface area contributed by atoms with Crippen LogP contribution >= 0.6 is 0 Å². The minimum absolute atomic E-state index is 0.141. The minimum atomic E-state index is -0.593. The standard InChI is InChI=1S/C12H11N3O/c1-7-8-9(13-4)10(11(14-5)15-6)16-12(8,2)3/h7H2,1-3H3. The summed E-state index contributed by atoms with van der Waals surface area (Å²) in [7, 11) is 0. The van der Waals surface area contributed by atoms with E-state index >= 15 is 0 Å². The highest BCUT2D eigenvalue weighted by atomic mass is 16.5. The minimum Gasteiger partial charge on any atom is -0.499 e. The number of rotatable bonds is 1. The van der Waals surface area contributed by atoms with E-state index in [1.165, 1.54) is 0 Å². The molecule has 0 bridgehead atoms. The lowest BCUT2D eigenvalue weighted by atomic mass is 9.96. The molecule has 0 aromatic rings. The molecule has 0 fully saturated rings. The monoisotopic (exact) mass is 213 g/mol. The summed E-state index contributed by atoms with van der Waals surface area (Å²) in [5.74, 6) is -0.0237. The third-order valence-corrected chi connectivity index (χ3v) is 2.47. The highest BCUT2D eigenvalue weighted by molar-refractivity contribution is 5.49. The van der Waals surface area contributed by atoms with Crippen LogP contribution in [0.4, 0.5) is 0 Å². The van der Waals surface area contributed by atoms with E-state index in [0.717, 1.165) is 5.57 Å². The van der Waals surface area contributed by atoms with E-state index in [1.807, 2.05) is 20.8 Å². The molecule has 4 heteroatoms. The fraction of sp³-hybridized carbons (Fsp3) is 0.417. The van der Waals surface area contributed by atoms with Gasteiger partial charge >= 0.3 is 5.82 Å². The van der Waals surface area contributed by atoms with Gasteiger partial charge in [0.25, 0.3) is 0 Å². The van der Waals surface area contributed by atoms with Gasteiger partial charge < -0.3 is 4.74 Å².